The van der Waals surface area contributed by atoms with Crippen molar-refractivity contribution < 1.29 is 4.79 Å². The second-order valence-corrected chi connectivity index (χ2v) is 4.52. The minimum Gasteiger partial charge on any atom is -0.399 e. The van der Waals surface area contributed by atoms with Gasteiger partial charge in [0.15, 0.2) is 0 Å². The largest absolute Gasteiger partial charge is 0.399 e. The molecule has 0 aliphatic carbocycles. The molecule has 98 valence electrons. The highest BCUT2D eigenvalue weighted by molar-refractivity contribution is 6.04. The Morgan fingerprint density at radius 3 is 2.37 bits per heavy atom. The van der Waals surface area contributed by atoms with E-state index in [2.05, 4.69) is 5.32 Å². The first-order chi connectivity index (χ1) is 9.06. The average Bonchev–Trinajstić information content (AvgIpc) is 2.39. The van der Waals surface area contributed by atoms with Crippen LogP contribution in [0.3, 0.4) is 0 Å². The van der Waals surface area contributed by atoms with E-state index in [1.807, 2.05) is 37.2 Å². The first-order valence-electron chi connectivity index (χ1n) is 6.00. The number of nitrogens with zero attached hydrogens (tertiary/aromatic N) is 1. The molecule has 0 spiro atoms. The maximum Gasteiger partial charge on any atom is 0.255 e. The number of amides is 1. The van der Waals surface area contributed by atoms with Gasteiger partial charge in [-0.1, -0.05) is 6.07 Å². The van der Waals surface area contributed by atoms with Crippen molar-refractivity contribution >= 4 is 23.0 Å². The van der Waals surface area contributed by atoms with Crippen LogP contribution in [-0.2, 0) is 0 Å². The maximum atomic E-state index is 12.0. The number of rotatable bonds is 3. The summed E-state index contributed by atoms with van der Waals surface area (Å²) < 4.78 is 0. The SMILES string of the molecule is CN(C)c1ccc(C(=O)Nc2cccc(N)c2)cc1. The summed E-state index contributed by atoms with van der Waals surface area (Å²) >= 11 is 0. The van der Waals surface area contributed by atoms with Crippen molar-refractivity contribution in [3.8, 4) is 0 Å². The molecule has 0 saturated heterocycles. The number of nitrogens with two attached hydrogens (primary N) is 1. The zero-order valence-electron chi connectivity index (χ0n) is 11.1. The van der Waals surface area contributed by atoms with Crippen LogP contribution in [0, 0.1) is 0 Å². The summed E-state index contributed by atoms with van der Waals surface area (Å²) in [6, 6.07) is 14.5. The van der Waals surface area contributed by atoms with Crippen molar-refractivity contribution in [3.63, 3.8) is 0 Å². The molecule has 0 fully saturated rings. The molecule has 1 amide bonds. The molecule has 0 atom stereocenters. The van der Waals surface area contributed by atoms with E-state index in [1.54, 1.807) is 30.3 Å². The van der Waals surface area contributed by atoms with E-state index in [9.17, 15) is 4.79 Å². The molecule has 3 N–H and O–H groups in total. The van der Waals surface area contributed by atoms with Gasteiger partial charge in [-0.3, -0.25) is 4.79 Å². The molecule has 0 saturated carbocycles. The Hall–Kier alpha value is -2.49. The Labute approximate surface area is 112 Å². The van der Waals surface area contributed by atoms with Gasteiger partial charge in [0.1, 0.15) is 0 Å². The van der Waals surface area contributed by atoms with Gasteiger partial charge in [-0.2, -0.15) is 0 Å². The van der Waals surface area contributed by atoms with Gasteiger partial charge in [0.05, 0.1) is 0 Å². The van der Waals surface area contributed by atoms with E-state index in [1.165, 1.54) is 0 Å². The van der Waals surface area contributed by atoms with Gasteiger partial charge in [0.2, 0.25) is 0 Å². The lowest BCUT2D eigenvalue weighted by Crippen LogP contribution is -2.13. The molecule has 2 rings (SSSR count). The minimum absolute atomic E-state index is 0.143. The average molecular weight is 255 g/mol. The van der Waals surface area contributed by atoms with Crippen LogP contribution in [0.2, 0.25) is 0 Å². The third-order valence-corrected chi connectivity index (χ3v) is 2.79. The molecular weight excluding hydrogens is 238 g/mol. The second kappa shape index (κ2) is 5.44. The van der Waals surface area contributed by atoms with Crippen LogP contribution in [0.15, 0.2) is 48.5 Å². The monoisotopic (exact) mass is 255 g/mol. The van der Waals surface area contributed by atoms with E-state index in [4.69, 9.17) is 5.73 Å². The van der Waals surface area contributed by atoms with Crippen LogP contribution in [0.1, 0.15) is 10.4 Å². The number of hydrogen-bond acceptors (Lipinski definition) is 3. The molecule has 0 heterocycles. The summed E-state index contributed by atoms with van der Waals surface area (Å²) in [4.78, 5) is 14.0. The lowest BCUT2D eigenvalue weighted by molar-refractivity contribution is 0.102. The fourth-order valence-corrected chi connectivity index (χ4v) is 1.73. The third kappa shape index (κ3) is 3.25. The summed E-state index contributed by atoms with van der Waals surface area (Å²) in [5, 5.41) is 2.82. The van der Waals surface area contributed by atoms with Gasteiger partial charge < -0.3 is 16.0 Å². The molecule has 4 nitrogen and oxygen atoms in total. The zero-order chi connectivity index (χ0) is 13.8. The Bertz CT molecular complexity index is 576. The number of anilines is 3. The molecule has 0 aliphatic rings. The number of carbonyl (C=O) groups is 1. The van der Waals surface area contributed by atoms with E-state index in [0.717, 1.165) is 5.69 Å². The number of nitrogen functional groups attached to an aromatic ring is 1. The predicted molar refractivity (Wildman–Crippen MR) is 79.6 cm³/mol. The fourth-order valence-electron chi connectivity index (χ4n) is 1.73. The van der Waals surface area contributed by atoms with E-state index in [-0.39, 0.29) is 5.91 Å². The van der Waals surface area contributed by atoms with Crippen LogP contribution in [0.25, 0.3) is 0 Å². The topological polar surface area (TPSA) is 58.4 Å². The molecule has 0 aromatic heterocycles. The van der Waals surface area contributed by atoms with Gasteiger partial charge in [-0.05, 0) is 42.5 Å². The standard InChI is InChI=1S/C15H17N3O/c1-18(2)14-8-6-11(7-9-14)15(19)17-13-5-3-4-12(16)10-13/h3-10H,16H2,1-2H3,(H,17,19). The Morgan fingerprint density at radius 2 is 1.79 bits per heavy atom. The summed E-state index contributed by atoms with van der Waals surface area (Å²) in [5.41, 5.74) is 8.67. The molecule has 0 aliphatic heterocycles. The van der Waals surface area contributed by atoms with Gasteiger partial charge in [0.25, 0.3) is 5.91 Å². The van der Waals surface area contributed by atoms with Crippen LogP contribution in [0.4, 0.5) is 17.1 Å². The number of nitrogens with one attached hydrogen (secondary N) is 1. The normalized spacial score (nSPS) is 10.0. The van der Waals surface area contributed by atoms with Crippen molar-refractivity contribution in [2.45, 2.75) is 0 Å². The third-order valence-electron chi connectivity index (χ3n) is 2.79. The lowest BCUT2D eigenvalue weighted by atomic mass is 10.2. The quantitative estimate of drug-likeness (QED) is 0.829. The van der Waals surface area contributed by atoms with Gasteiger partial charge >= 0.3 is 0 Å². The summed E-state index contributed by atoms with van der Waals surface area (Å²) in [6.45, 7) is 0. The lowest BCUT2D eigenvalue weighted by Gasteiger charge is -2.12. The first kappa shape index (κ1) is 13.0. The Kier molecular flexibility index (Phi) is 3.71. The van der Waals surface area contributed by atoms with Crippen LogP contribution >= 0.6 is 0 Å². The van der Waals surface area contributed by atoms with Gasteiger partial charge in [0, 0.05) is 36.7 Å². The van der Waals surface area contributed by atoms with Crippen LogP contribution < -0.4 is 16.0 Å². The maximum absolute atomic E-state index is 12.0. The highest BCUT2D eigenvalue weighted by Crippen LogP contribution is 2.15. The fraction of sp³-hybridized carbons (Fsp3) is 0.133. The Morgan fingerprint density at radius 1 is 1.11 bits per heavy atom. The van der Waals surface area contributed by atoms with Crippen LogP contribution in [-0.4, -0.2) is 20.0 Å². The van der Waals surface area contributed by atoms with E-state index in [0.29, 0.717) is 16.9 Å². The molecule has 19 heavy (non-hydrogen) atoms. The van der Waals surface area contributed by atoms with Gasteiger partial charge in [-0.25, -0.2) is 0 Å². The predicted octanol–water partition coefficient (Wildman–Crippen LogP) is 2.59. The first-order valence-corrected chi connectivity index (χ1v) is 6.00. The molecular formula is C15H17N3O. The molecule has 0 radical (unpaired) electrons. The molecule has 0 bridgehead atoms. The summed E-state index contributed by atoms with van der Waals surface area (Å²) in [6.07, 6.45) is 0. The summed E-state index contributed by atoms with van der Waals surface area (Å²) in [5.74, 6) is -0.143. The zero-order valence-corrected chi connectivity index (χ0v) is 11.1. The molecule has 2 aromatic rings. The highest BCUT2D eigenvalue weighted by Gasteiger charge is 2.06. The summed E-state index contributed by atoms with van der Waals surface area (Å²) in [7, 11) is 3.92. The minimum atomic E-state index is -0.143. The number of carbonyl (C=O) groups excluding carboxylic acids is 1. The number of benzene rings is 2. The Balaban J connectivity index is 2.11. The van der Waals surface area contributed by atoms with Crippen molar-refractivity contribution in [1.29, 1.82) is 0 Å². The van der Waals surface area contributed by atoms with E-state index < -0.39 is 0 Å². The molecule has 4 heteroatoms. The molecule has 2 aromatic carbocycles. The van der Waals surface area contributed by atoms with Crippen molar-refractivity contribution in [2.75, 3.05) is 30.0 Å². The molecule has 0 unspecified atom stereocenters. The highest BCUT2D eigenvalue weighted by atomic mass is 16.1. The van der Waals surface area contributed by atoms with Gasteiger partial charge in [-0.15, -0.1) is 0 Å². The van der Waals surface area contributed by atoms with Crippen LogP contribution in [0.5, 0.6) is 0 Å². The smallest absolute Gasteiger partial charge is 0.255 e. The van der Waals surface area contributed by atoms with Crippen molar-refractivity contribution in [2.24, 2.45) is 0 Å². The number of hydrogen-bond donors (Lipinski definition) is 2. The van der Waals surface area contributed by atoms with E-state index >= 15 is 0 Å². The second-order valence-electron chi connectivity index (χ2n) is 4.52. The van der Waals surface area contributed by atoms with Crippen molar-refractivity contribution in [3.05, 3.63) is 54.1 Å². The van der Waals surface area contributed by atoms with Crippen molar-refractivity contribution in [1.82, 2.24) is 0 Å².